The van der Waals surface area contributed by atoms with Crippen LogP contribution in [-0.2, 0) is 4.79 Å². The molecule has 0 spiro atoms. The average Bonchev–Trinajstić information content (AvgIpc) is 2.41. The first-order valence-corrected chi connectivity index (χ1v) is 7.94. The molecule has 2 bridgehead atoms. The molecule has 4 heteroatoms. The van der Waals surface area contributed by atoms with Crippen LogP contribution in [0.2, 0.25) is 0 Å². The van der Waals surface area contributed by atoms with E-state index in [9.17, 15) is 9.90 Å². The molecule has 106 valence electrons. The highest BCUT2D eigenvalue weighted by atomic mass is 16.3. The Hall–Kier alpha value is -0.610. The van der Waals surface area contributed by atoms with Gasteiger partial charge in [-0.3, -0.25) is 9.69 Å². The van der Waals surface area contributed by atoms with Crippen LogP contribution in [0.5, 0.6) is 0 Å². The van der Waals surface area contributed by atoms with E-state index in [1.165, 1.54) is 12.8 Å². The predicted molar refractivity (Wildman–Crippen MR) is 71.6 cm³/mol. The van der Waals surface area contributed by atoms with E-state index in [-0.39, 0.29) is 6.10 Å². The van der Waals surface area contributed by atoms with Crippen LogP contribution in [0.15, 0.2) is 0 Å². The molecule has 1 N–H and O–H groups in total. The monoisotopic (exact) mass is 264 g/mol. The Labute approximate surface area is 114 Å². The van der Waals surface area contributed by atoms with Gasteiger partial charge in [0.25, 0.3) is 0 Å². The standard InChI is InChI=1S/C15H24N2O2/c18-12-4-5-16-8-10-6-11(14(16)7-12)9-17-13(10)2-1-3-15(17)19/h10-14,18H,1-9H2/t10-,11-,12-,13+,14+/m0/s1. The van der Waals surface area contributed by atoms with Crippen molar-refractivity contribution in [3.8, 4) is 0 Å². The number of hydrogen-bond donors (Lipinski definition) is 1. The van der Waals surface area contributed by atoms with Crippen LogP contribution >= 0.6 is 0 Å². The molecule has 19 heavy (non-hydrogen) atoms. The van der Waals surface area contributed by atoms with Gasteiger partial charge in [0.15, 0.2) is 0 Å². The van der Waals surface area contributed by atoms with Gasteiger partial charge in [-0.25, -0.2) is 0 Å². The van der Waals surface area contributed by atoms with E-state index in [0.717, 1.165) is 45.3 Å². The minimum Gasteiger partial charge on any atom is -0.393 e. The summed E-state index contributed by atoms with van der Waals surface area (Å²) in [5, 5.41) is 9.92. The van der Waals surface area contributed by atoms with Crippen molar-refractivity contribution in [2.75, 3.05) is 19.6 Å². The fourth-order valence-corrected chi connectivity index (χ4v) is 5.07. The van der Waals surface area contributed by atoms with Crippen LogP contribution in [0.4, 0.5) is 0 Å². The molecule has 4 rings (SSSR count). The summed E-state index contributed by atoms with van der Waals surface area (Å²) in [5.74, 6) is 1.68. The average molecular weight is 264 g/mol. The zero-order chi connectivity index (χ0) is 13.0. The number of aliphatic hydroxyl groups is 1. The van der Waals surface area contributed by atoms with Gasteiger partial charge in [-0.05, 0) is 43.9 Å². The lowest BCUT2D eigenvalue weighted by Gasteiger charge is -2.57. The number of carbonyl (C=O) groups is 1. The van der Waals surface area contributed by atoms with Gasteiger partial charge >= 0.3 is 0 Å². The maximum Gasteiger partial charge on any atom is 0.222 e. The molecule has 4 nitrogen and oxygen atoms in total. The summed E-state index contributed by atoms with van der Waals surface area (Å²) in [5.41, 5.74) is 0. The molecule has 0 aromatic heterocycles. The van der Waals surface area contributed by atoms with Crippen LogP contribution < -0.4 is 0 Å². The fraction of sp³-hybridized carbons (Fsp3) is 0.933. The lowest BCUT2D eigenvalue weighted by molar-refractivity contribution is -0.150. The van der Waals surface area contributed by atoms with Gasteiger partial charge in [0.2, 0.25) is 5.91 Å². The van der Waals surface area contributed by atoms with Crippen molar-refractivity contribution < 1.29 is 9.90 Å². The summed E-state index contributed by atoms with van der Waals surface area (Å²) in [6.07, 6.45) is 6.07. The molecule has 4 aliphatic rings. The zero-order valence-corrected chi connectivity index (χ0v) is 11.5. The van der Waals surface area contributed by atoms with Gasteiger partial charge in [0.1, 0.15) is 0 Å². The van der Waals surface area contributed by atoms with Crippen molar-refractivity contribution in [1.82, 2.24) is 9.80 Å². The molecule has 0 aromatic rings. The predicted octanol–water partition coefficient (Wildman–Crippen LogP) is 0.843. The van der Waals surface area contributed by atoms with E-state index in [1.54, 1.807) is 0 Å². The quantitative estimate of drug-likeness (QED) is 0.705. The summed E-state index contributed by atoms with van der Waals surface area (Å²) in [6.45, 7) is 3.16. The van der Waals surface area contributed by atoms with Crippen molar-refractivity contribution in [3.63, 3.8) is 0 Å². The second-order valence-corrected chi connectivity index (χ2v) is 7.00. The van der Waals surface area contributed by atoms with E-state index in [4.69, 9.17) is 0 Å². The second-order valence-electron chi connectivity index (χ2n) is 7.00. The van der Waals surface area contributed by atoms with Crippen LogP contribution in [0, 0.1) is 11.8 Å². The van der Waals surface area contributed by atoms with Crippen LogP contribution in [0.25, 0.3) is 0 Å². The van der Waals surface area contributed by atoms with Crippen LogP contribution in [-0.4, -0.2) is 58.6 Å². The number of fused-ring (bicyclic) bond motifs is 6. The maximum absolute atomic E-state index is 12.1. The molecule has 0 aliphatic carbocycles. The van der Waals surface area contributed by atoms with E-state index < -0.39 is 0 Å². The molecule has 0 aromatic carbocycles. The third kappa shape index (κ3) is 1.91. The molecule has 4 saturated heterocycles. The SMILES string of the molecule is O=C1CCC[C@@H]2[C@H]3C[C@@H](CN12)[C@H]1C[C@@H](O)CCN1C3. The van der Waals surface area contributed by atoms with E-state index in [0.29, 0.717) is 29.8 Å². The van der Waals surface area contributed by atoms with Gasteiger partial charge in [0.05, 0.1) is 6.10 Å². The number of carbonyl (C=O) groups excluding carboxylic acids is 1. The molecule has 0 saturated carbocycles. The Morgan fingerprint density at radius 2 is 1.89 bits per heavy atom. The Balaban J connectivity index is 1.58. The first-order chi connectivity index (χ1) is 9.22. The van der Waals surface area contributed by atoms with Gasteiger partial charge in [-0.15, -0.1) is 0 Å². The Bertz CT molecular complexity index is 386. The Morgan fingerprint density at radius 3 is 2.79 bits per heavy atom. The molecular weight excluding hydrogens is 240 g/mol. The zero-order valence-electron chi connectivity index (χ0n) is 11.5. The van der Waals surface area contributed by atoms with E-state index in [1.807, 2.05) is 0 Å². The van der Waals surface area contributed by atoms with Gasteiger partial charge in [0, 0.05) is 38.1 Å². The lowest BCUT2D eigenvalue weighted by atomic mass is 9.70. The summed E-state index contributed by atoms with van der Waals surface area (Å²) in [4.78, 5) is 17.0. The topological polar surface area (TPSA) is 43.8 Å². The number of rotatable bonds is 0. The number of amides is 1. The summed E-state index contributed by atoms with van der Waals surface area (Å²) < 4.78 is 0. The third-order valence-corrected chi connectivity index (χ3v) is 5.94. The van der Waals surface area contributed by atoms with Crippen molar-refractivity contribution in [2.24, 2.45) is 11.8 Å². The highest BCUT2D eigenvalue weighted by Crippen LogP contribution is 2.42. The van der Waals surface area contributed by atoms with Crippen molar-refractivity contribution in [3.05, 3.63) is 0 Å². The minimum absolute atomic E-state index is 0.118. The molecule has 4 fully saturated rings. The molecule has 0 radical (unpaired) electrons. The lowest BCUT2D eigenvalue weighted by Crippen LogP contribution is -2.65. The molecule has 5 atom stereocenters. The minimum atomic E-state index is -0.118. The first kappa shape index (κ1) is 12.2. The van der Waals surface area contributed by atoms with Crippen LogP contribution in [0.1, 0.15) is 38.5 Å². The molecule has 4 aliphatic heterocycles. The summed E-state index contributed by atoms with van der Waals surface area (Å²) in [7, 11) is 0. The number of nitrogens with zero attached hydrogens (tertiary/aromatic N) is 2. The molecular formula is C15H24N2O2. The van der Waals surface area contributed by atoms with Crippen molar-refractivity contribution in [1.29, 1.82) is 0 Å². The molecule has 4 heterocycles. The van der Waals surface area contributed by atoms with Gasteiger partial charge < -0.3 is 10.0 Å². The molecule has 1 amide bonds. The molecule has 0 unspecified atom stereocenters. The first-order valence-electron chi connectivity index (χ1n) is 7.94. The van der Waals surface area contributed by atoms with Crippen LogP contribution in [0.3, 0.4) is 0 Å². The summed E-state index contributed by atoms with van der Waals surface area (Å²) in [6, 6.07) is 1.04. The normalized spacial score (nSPS) is 46.7. The highest BCUT2D eigenvalue weighted by molar-refractivity contribution is 5.77. The van der Waals surface area contributed by atoms with E-state index in [2.05, 4.69) is 9.80 Å². The number of piperidine rings is 4. The Kier molecular flexibility index (Phi) is 2.85. The fourth-order valence-electron chi connectivity index (χ4n) is 5.07. The largest absolute Gasteiger partial charge is 0.393 e. The maximum atomic E-state index is 12.1. The van der Waals surface area contributed by atoms with Gasteiger partial charge in [-0.2, -0.15) is 0 Å². The van der Waals surface area contributed by atoms with E-state index >= 15 is 0 Å². The number of aliphatic hydroxyl groups excluding tert-OH is 1. The third-order valence-electron chi connectivity index (χ3n) is 5.94. The van der Waals surface area contributed by atoms with Crippen molar-refractivity contribution >= 4 is 5.91 Å². The second kappa shape index (κ2) is 4.45. The highest BCUT2D eigenvalue weighted by Gasteiger charge is 2.48. The van der Waals surface area contributed by atoms with Crippen molar-refractivity contribution in [2.45, 2.75) is 56.7 Å². The van der Waals surface area contributed by atoms with Gasteiger partial charge in [-0.1, -0.05) is 0 Å². The smallest absolute Gasteiger partial charge is 0.222 e. The summed E-state index contributed by atoms with van der Waals surface area (Å²) >= 11 is 0. The Morgan fingerprint density at radius 1 is 1.05 bits per heavy atom. The number of hydrogen-bond acceptors (Lipinski definition) is 3.